The van der Waals surface area contributed by atoms with Crippen LogP contribution in [0.15, 0.2) is 0 Å². The highest BCUT2D eigenvalue weighted by atomic mass is 16.5. The van der Waals surface area contributed by atoms with Gasteiger partial charge in [-0.25, -0.2) is 9.59 Å². The van der Waals surface area contributed by atoms with E-state index in [2.05, 4.69) is 5.32 Å². The van der Waals surface area contributed by atoms with Crippen molar-refractivity contribution in [3.63, 3.8) is 0 Å². The third kappa shape index (κ3) is 5.06. The zero-order valence-electron chi connectivity index (χ0n) is 11.7. The lowest BCUT2D eigenvalue weighted by molar-refractivity contribution is -0.139. The molecule has 1 heterocycles. The standard InChI is InChI=1S/C13H24N2O4/c1-3-5-6-11(12(16)17)14-13(18)15-7-8-19-10(4-2)9-15/h10-11H,3-9H2,1-2H3,(H,14,18)(H,16,17)/t10?,11-/m0/s1. The first-order valence-electron chi connectivity index (χ1n) is 6.98. The maximum Gasteiger partial charge on any atom is 0.326 e. The van der Waals surface area contributed by atoms with E-state index >= 15 is 0 Å². The second kappa shape index (κ2) is 7.99. The van der Waals surface area contributed by atoms with Gasteiger partial charge in [0.1, 0.15) is 6.04 Å². The number of nitrogens with one attached hydrogen (secondary N) is 1. The third-order valence-corrected chi connectivity index (χ3v) is 3.32. The molecule has 19 heavy (non-hydrogen) atoms. The number of carboxylic acid groups (broad SMARTS) is 1. The molecular weight excluding hydrogens is 248 g/mol. The fourth-order valence-corrected chi connectivity index (χ4v) is 2.06. The molecule has 0 aromatic heterocycles. The fraction of sp³-hybridized carbons (Fsp3) is 0.846. The Kier molecular flexibility index (Phi) is 6.62. The van der Waals surface area contributed by atoms with Gasteiger partial charge in [0.15, 0.2) is 0 Å². The Labute approximate surface area is 114 Å². The average molecular weight is 272 g/mol. The van der Waals surface area contributed by atoms with E-state index in [-0.39, 0.29) is 12.1 Å². The normalized spacial score (nSPS) is 20.9. The molecule has 1 saturated heterocycles. The van der Waals surface area contributed by atoms with Gasteiger partial charge in [0.2, 0.25) is 0 Å². The summed E-state index contributed by atoms with van der Waals surface area (Å²) in [6.45, 7) is 5.56. The summed E-state index contributed by atoms with van der Waals surface area (Å²) >= 11 is 0. The minimum absolute atomic E-state index is 0.0541. The van der Waals surface area contributed by atoms with Crippen molar-refractivity contribution < 1.29 is 19.4 Å². The SMILES string of the molecule is CCCC[C@H](NC(=O)N1CCOC(CC)C1)C(=O)O. The summed E-state index contributed by atoms with van der Waals surface area (Å²) in [7, 11) is 0. The van der Waals surface area contributed by atoms with E-state index in [1.54, 1.807) is 4.90 Å². The largest absolute Gasteiger partial charge is 0.480 e. The second-order valence-corrected chi connectivity index (χ2v) is 4.83. The molecule has 1 rings (SSSR count). The summed E-state index contributed by atoms with van der Waals surface area (Å²) in [5, 5.41) is 11.7. The molecule has 1 aliphatic rings. The predicted molar refractivity (Wildman–Crippen MR) is 71.1 cm³/mol. The zero-order chi connectivity index (χ0) is 14.3. The van der Waals surface area contributed by atoms with E-state index in [4.69, 9.17) is 9.84 Å². The van der Waals surface area contributed by atoms with Crippen molar-refractivity contribution in [3.05, 3.63) is 0 Å². The molecule has 6 nitrogen and oxygen atoms in total. The van der Waals surface area contributed by atoms with Crippen molar-refractivity contribution in [3.8, 4) is 0 Å². The first-order chi connectivity index (χ1) is 9.08. The number of carbonyl (C=O) groups is 2. The van der Waals surface area contributed by atoms with Crippen LogP contribution in [-0.2, 0) is 9.53 Å². The van der Waals surface area contributed by atoms with Crippen LogP contribution in [0.4, 0.5) is 4.79 Å². The van der Waals surface area contributed by atoms with Crippen molar-refractivity contribution in [2.45, 2.75) is 51.7 Å². The van der Waals surface area contributed by atoms with Crippen molar-refractivity contribution in [1.82, 2.24) is 10.2 Å². The van der Waals surface area contributed by atoms with Crippen molar-refractivity contribution in [2.75, 3.05) is 19.7 Å². The van der Waals surface area contributed by atoms with Gasteiger partial charge < -0.3 is 20.1 Å². The van der Waals surface area contributed by atoms with Crippen LogP contribution in [0.2, 0.25) is 0 Å². The minimum atomic E-state index is -0.970. The van der Waals surface area contributed by atoms with Gasteiger partial charge in [0, 0.05) is 13.1 Å². The Balaban J connectivity index is 2.48. The van der Waals surface area contributed by atoms with E-state index in [1.807, 2.05) is 13.8 Å². The van der Waals surface area contributed by atoms with Crippen molar-refractivity contribution >= 4 is 12.0 Å². The predicted octanol–water partition coefficient (Wildman–Crippen LogP) is 1.45. The number of carboxylic acids is 1. The summed E-state index contributed by atoms with van der Waals surface area (Å²) in [4.78, 5) is 24.8. The highest BCUT2D eigenvalue weighted by Gasteiger charge is 2.26. The third-order valence-electron chi connectivity index (χ3n) is 3.32. The minimum Gasteiger partial charge on any atom is -0.480 e. The summed E-state index contributed by atoms with van der Waals surface area (Å²) in [5.41, 5.74) is 0. The number of aliphatic carboxylic acids is 1. The molecule has 2 atom stereocenters. The molecule has 0 aromatic rings. The molecule has 2 amide bonds. The molecule has 1 fully saturated rings. The van der Waals surface area contributed by atoms with Crippen LogP contribution in [0, 0.1) is 0 Å². The van der Waals surface area contributed by atoms with Gasteiger partial charge in [-0.2, -0.15) is 0 Å². The van der Waals surface area contributed by atoms with Crippen LogP contribution in [0.1, 0.15) is 39.5 Å². The lowest BCUT2D eigenvalue weighted by atomic mass is 10.1. The Hall–Kier alpha value is -1.30. The van der Waals surface area contributed by atoms with Gasteiger partial charge in [0.25, 0.3) is 0 Å². The van der Waals surface area contributed by atoms with Crippen LogP contribution < -0.4 is 5.32 Å². The zero-order valence-corrected chi connectivity index (χ0v) is 11.7. The van der Waals surface area contributed by atoms with Crippen LogP contribution in [0.3, 0.4) is 0 Å². The Morgan fingerprint density at radius 1 is 1.47 bits per heavy atom. The molecule has 1 aliphatic heterocycles. The number of urea groups is 1. The lowest BCUT2D eigenvalue weighted by Crippen LogP contribution is -2.53. The van der Waals surface area contributed by atoms with Gasteiger partial charge in [-0.05, 0) is 12.8 Å². The van der Waals surface area contributed by atoms with Crippen molar-refractivity contribution in [2.24, 2.45) is 0 Å². The van der Waals surface area contributed by atoms with Gasteiger partial charge in [-0.1, -0.05) is 26.7 Å². The maximum atomic E-state index is 12.0. The topological polar surface area (TPSA) is 78.9 Å². The van der Waals surface area contributed by atoms with Crippen LogP contribution in [-0.4, -0.2) is 53.8 Å². The van der Waals surface area contributed by atoms with Crippen LogP contribution in [0.25, 0.3) is 0 Å². The first kappa shape index (κ1) is 15.8. The number of nitrogens with zero attached hydrogens (tertiary/aromatic N) is 1. The van der Waals surface area contributed by atoms with Gasteiger partial charge in [-0.3, -0.25) is 0 Å². The smallest absolute Gasteiger partial charge is 0.326 e. The average Bonchev–Trinajstić information content (AvgIpc) is 2.42. The Morgan fingerprint density at radius 3 is 2.79 bits per heavy atom. The van der Waals surface area contributed by atoms with Crippen molar-refractivity contribution in [1.29, 1.82) is 0 Å². The number of ether oxygens (including phenoxy) is 1. The Bertz CT molecular complexity index is 309. The molecule has 0 saturated carbocycles. The van der Waals surface area contributed by atoms with E-state index in [0.29, 0.717) is 26.1 Å². The fourth-order valence-electron chi connectivity index (χ4n) is 2.06. The molecule has 0 spiro atoms. The van der Waals surface area contributed by atoms with E-state index in [1.165, 1.54) is 0 Å². The lowest BCUT2D eigenvalue weighted by Gasteiger charge is -2.33. The number of morpholine rings is 1. The second-order valence-electron chi connectivity index (χ2n) is 4.83. The summed E-state index contributed by atoms with van der Waals surface area (Å²) in [6.07, 6.45) is 3.08. The number of carbonyl (C=O) groups excluding carboxylic acids is 1. The summed E-state index contributed by atoms with van der Waals surface area (Å²) < 4.78 is 5.49. The molecule has 0 aliphatic carbocycles. The Morgan fingerprint density at radius 2 is 2.21 bits per heavy atom. The van der Waals surface area contributed by atoms with E-state index < -0.39 is 12.0 Å². The number of amides is 2. The van der Waals surface area contributed by atoms with Gasteiger partial charge >= 0.3 is 12.0 Å². The molecule has 0 aromatic carbocycles. The van der Waals surface area contributed by atoms with Gasteiger partial charge in [0.05, 0.1) is 12.7 Å². The van der Waals surface area contributed by atoms with Crippen LogP contribution >= 0.6 is 0 Å². The molecule has 2 N–H and O–H groups in total. The van der Waals surface area contributed by atoms with Gasteiger partial charge in [-0.15, -0.1) is 0 Å². The molecule has 0 radical (unpaired) electrons. The first-order valence-corrected chi connectivity index (χ1v) is 6.98. The molecule has 0 bridgehead atoms. The molecule has 6 heteroatoms. The quantitative estimate of drug-likeness (QED) is 0.767. The number of unbranched alkanes of at least 4 members (excludes halogenated alkanes) is 1. The highest BCUT2D eigenvalue weighted by molar-refractivity contribution is 5.82. The van der Waals surface area contributed by atoms with E-state index in [0.717, 1.165) is 19.3 Å². The molecular formula is C13H24N2O4. The highest BCUT2D eigenvalue weighted by Crippen LogP contribution is 2.09. The number of hydrogen-bond acceptors (Lipinski definition) is 3. The summed E-state index contributed by atoms with van der Waals surface area (Å²) in [5.74, 6) is -0.970. The monoisotopic (exact) mass is 272 g/mol. The maximum absolute atomic E-state index is 12.0. The number of rotatable bonds is 6. The molecule has 110 valence electrons. The number of hydrogen-bond donors (Lipinski definition) is 2. The summed E-state index contributed by atoms with van der Waals surface area (Å²) in [6, 6.07) is -1.10. The van der Waals surface area contributed by atoms with E-state index in [9.17, 15) is 9.59 Å². The molecule has 1 unspecified atom stereocenters. The van der Waals surface area contributed by atoms with Crippen LogP contribution in [0.5, 0.6) is 0 Å².